The molecule has 0 saturated carbocycles. The summed E-state index contributed by atoms with van der Waals surface area (Å²) in [4.78, 5) is 9.40. The molecule has 138 valence electrons. The normalized spacial score (nSPS) is 12.6. The molecule has 26 heavy (non-hydrogen) atoms. The molecule has 0 radical (unpaired) electrons. The molecule has 4 N–H and O–H groups in total. The van der Waals surface area contributed by atoms with Crippen molar-refractivity contribution in [3.63, 3.8) is 0 Å². The Bertz CT molecular complexity index is 737. The summed E-state index contributed by atoms with van der Waals surface area (Å²) in [5.74, 6) is -0.258. The van der Waals surface area contributed by atoms with E-state index in [-0.39, 0.29) is 18.3 Å². The van der Waals surface area contributed by atoms with Crippen LogP contribution in [0.5, 0.6) is 5.75 Å². The van der Waals surface area contributed by atoms with Gasteiger partial charge in [0.15, 0.2) is 11.6 Å². The van der Waals surface area contributed by atoms with E-state index in [1.807, 2.05) is 6.92 Å². The molecule has 0 aliphatic carbocycles. The molecule has 6 nitrogen and oxygen atoms in total. The molecule has 0 unspecified atom stereocenters. The quantitative estimate of drug-likeness (QED) is 0.308. The number of halogens is 1. The third-order valence-corrected chi connectivity index (χ3v) is 3.22. The lowest BCUT2D eigenvalue weighted by Gasteiger charge is -2.23. The van der Waals surface area contributed by atoms with Gasteiger partial charge in [-0.1, -0.05) is 18.7 Å². The molecule has 0 heterocycles. The summed E-state index contributed by atoms with van der Waals surface area (Å²) in [5, 5.41) is 0. The van der Waals surface area contributed by atoms with Crippen molar-refractivity contribution in [1.29, 1.82) is 0 Å². The average Bonchev–Trinajstić information content (AvgIpc) is 2.66. The highest BCUT2D eigenvalue weighted by molar-refractivity contribution is 5.89. The van der Waals surface area contributed by atoms with Crippen molar-refractivity contribution in [1.82, 2.24) is 4.90 Å². The number of rotatable bonds is 9. The second-order valence-corrected chi connectivity index (χ2v) is 4.99. The third-order valence-electron chi connectivity index (χ3n) is 3.22. The van der Waals surface area contributed by atoms with Crippen molar-refractivity contribution in [2.24, 2.45) is 21.5 Å². The first-order valence-electron chi connectivity index (χ1n) is 7.86. The van der Waals surface area contributed by atoms with Gasteiger partial charge in [-0.2, -0.15) is 0 Å². The van der Waals surface area contributed by atoms with Gasteiger partial charge < -0.3 is 21.1 Å². The number of hydrogen-bond donors (Lipinski definition) is 2. The van der Waals surface area contributed by atoms with Gasteiger partial charge in [0.1, 0.15) is 0 Å². The molecule has 0 aliphatic rings. The zero-order valence-corrected chi connectivity index (χ0v) is 14.8. The van der Waals surface area contributed by atoms with Crippen LogP contribution < -0.4 is 16.2 Å². The first-order chi connectivity index (χ1) is 12.6. The van der Waals surface area contributed by atoms with E-state index in [9.17, 15) is 4.39 Å². The second kappa shape index (κ2) is 11.4. The van der Waals surface area contributed by atoms with Gasteiger partial charge in [-0.15, -0.1) is 0 Å². The Morgan fingerprint density at radius 3 is 2.69 bits per heavy atom. The van der Waals surface area contributed by atoms with Crippen LogP contribution in [0.3, 0.4) is 0 Å². The predicted molar refractivity (Wildman–Crippen MR) is 105 cm³/mol. The van der Waals surface area contributed by atoms with Gasteiger partial charge in [-0.3, -0.25) is 4.99 Å². The van der Waals surface area contributed by atoms with E-state index in [1.54, 1.807) is 23.1 Å². The molecule has 1 aromatic carbocycles. The zero-order valence-electron chi connectivity index (χ0n) is 14.8. The lowest BCUT2D eigenvalue weighted by atomic mass is 10.2. The molecule has 0 spiro atoms. The summed E-state index contributed by atoms with van der Waals surface area (Å²) in [6.07, 6.45) is 9.24. The Kier molecular flexibility index (Phi) is 9.13. The van der Waals surface area contributed by atoms with Gasteiger partial charge in [-0.25, -0.2) is 9.38 Å². The molecule has 0 bridgehead atoms. The minimum absolute atomic E-state index is 0.0570. The Labute approximate surface area is 153 Å². The average molecular weight is 357 g/mol. The Hall–Kier alpha value is -3.19. The van der Waals surface area contributed by atoms with Crippen LogP contribution in [0.4, 0.5) is 4.39 Å². The van der Waals surface area contributed by atoms with E-state index < -0.39 is 5.82 Å². The maximum absolute atomic E-state index is 14.4. The summed E-state index contributed by atoms with van der Waals surface area (Å²) < 4.78 is 19.8. The maximum Gasteiger partial charge on any atom is 0.218 e. The van der Waals surface area contributed by atoms with Crippen LogP contribution in [0.1, 0.15) is 12.5 Å². The van der Waals surface area contributed by atoms with Gasteiger partial charge in [0.2, 0.25) is 5.90 Å². The fourth-order valence-corrected chi connectivity index (χ4v) is 1.98. The molecule has 0 aromatic heterocycles. The molecule has 0 saturated heterocycles. The van der Waals surface area contributed by atoms with E-state index >= 15 is 0 Å². The van der Waals surface area contributed by atoms with Crippen LogP contribution in [-0.4, -0.2) is 24.2 Å². The zero-order chi connectivity index (χ0) is 19.4. The SMILES string of the molecule is C=C/C(=N\C=C/C)Oc1ccc(CN(CN)C(/C=C\N=C)=C\N)cc1F. The number of nitrogens with zero attached hydrogens (tertiary/aromatic N) is 3. The monoisotopic (exact) mass is 357 g/mol. The Morgan fingerprint density at radius 2 is 2.15 bits per heavy atom. The van der Waals surface area contributed by atoms with Crippen molar-refractivity contribution in [3.8, 4) is 5.75 Å². The van der Waals surface area contributed by atoms with Crippen LogP contribution in [-0.2, 0) is 6.54 Å². The summed E-state index contributed by atoms with van der Waals surface area (Å²) in [5.41, 5.74) is 12.7. The molecule has 1 aromatic rings. The van der Waals surface area contributed by atoms with Crippen molar-refractivity contribution in [2.75, 3.05) is 6.67 Å². The molecule has 0 atom stereocenters. The number of benzene rings is 1. The highest BCUT2D eigenvalue weighted by atomic mass is 19.1. The lowest BCUT2D eigenvalue weighted by Crippen LogP contribution is -2.29. The van der Waals surface area contributed by atoms with Crippen LogP contribution in [0, 0.1) is 5.82 Å². The standard InChI is InChI=1S/C19H24FN5O/c1-4-9-24-19(5-2)26-18-7-6-15(11-17(18)20)13-25(14-22)16(12-21)8-10-23-3/h4-12H,2-3,13-14,21-22H2,1H3/b9-4-,10-8-,16-12-,24-19+. The highest BCUT2D eigenvalue weighted by Gasteiger charge is 2.11. The molecule has 0 fully saturated rings. The topological polar surface area (TPSA) is 89.2 Å². The van der Waals surface area contributed by atoms with E-state index in [4.69, 9.17) is 16.2 Å². The summed E-state index contributed by atoms with van der Waals surface area (Å²) in [6, 6.07) is 4.64. The van der Waals surface area contributed by atoms with Crippen LogP contribution in [0.2, 0.25) is 0 Å². The molecular weight excluding hydrogens is 333 g/mol. The first kappa shape index (κ1) is 20.9. The van der Waals surface area contributed by atoms with E-state index in [1.165, 1.54) is 36.8 Å². The minimum Gasteiger partial charge on any atom is -0.436 e. The fraction of sp³-hybridized carbons (Fsp3) is 0.158. The summed E-state index contributed by atoms with van der Waals surface area (Å²) >= 11 is 0. The molecule has 0 aliphatic heterocycles. The minimum atomic E-state index is -0.518. The first-order valence-corrected chi connectivity index (χ1v) is 7.86. The van der Waals surface area contributed by atoms with Crippen molar-refractivity contribution >= 4 is 12.6 Å². The van der Waals surface area contributed by atoms with Gasteiger partial charge in [-0.05, 0) is 43.5 Å². The van der Waals surface area contributed by atoms with Gasteiger partial charge >= 0.3 is 0 Å². The Morgan fingerprint density at radius 1 is 1.38 bits per heavy atom. The van der Waals surface area contributed by atoms with E-state index in [0.29, 0.717) is 17.8 Å². The Balaban J connectivity index is 2.96. The fourth-order valence-electron chi connectivity index (χ4n) is 1.98. The smallest absolute Gasteiger partial charge is 0.218 e. The van der Waals surface area contributed by atoms with Crippen LogP contribution >= 0.6 is 0 Å². The number of aliphatic imine (C=N–C) groups is 2. The molecule has 0 amide bonds. The molecular formula is C19H24FN5O. The maximum atomic E-state index is 14.4. The third kappa shape index (κ3) is 6.37. The molecule has 7 heteroatoms. The van der Waals surface area contributed by atoms with Gasteiger partial charge in [0.25, 0.3) is 0 Å². The molecule has 1 rings (SSSR count). The number of allylic oxidation sites excluding steroid dienone is 2. The lowest BCUT2D eigenvalue weighted by molar-refractivity contribution is 0.355. The number of hydrogen-bond acceptors (Lipinski definition) is 6. The predicted octanol–water partition coefficient (Wildman–Crippen LogP) is 3.06. The number of ether oxygens (including phenoxy) is 1. The summed E-state index contributed by atoms with van der Waals surface area (Å²) in [6.45, 7) is 9.33. The van der Waals surface area contributed by atoms with Crippen LogP contribution in [0.25, 0.3) is 0 Å². The van der Waals surface area contributed by atoms with Crippen molar-refractivity contribution in [3.05, 3.63) is 78.7 Å². The largest absolute Gasteiger partial charge is 0.436 e. The van der Waals surface area contributed by atoms with E-state index in [2.05, 4.69) is 23.3 Å². The number of nitrogens with two attached hydrogens (primary N) is 2. The van der Waals surface area contributed by atoms with Gasteiger partial charge in [0.05, 0.1) is 12.4 Å². The van der Waals surface area contributed by atoms with Gasteiger partial charge in [0, 0.05) is 25.1 Å². The summed E-state index contributed by atoms with van der Waals surface area (Å²) in [7, 11) is 0. The van der Waals surface area contributed by atoms with Crippen molar-refractivity contribution < 1.29 is 9.13 Å². The highest BCUT2D eigenvalue weighted by Crippen LogP contribution is 2.21. The van der Waals surface area contributed by atoms with Crippen LogP contribution in [0.15, 0.2) is 77.3 Å². The van der Waals surface area contributed by atoms with E-state index in [0.717, 1.165) is 0 Å². The second-order valence-electron chi connectivity index (χ2n) is 4.99. The van der Waals surface area contributed by atoms with Crippen molar-refractivity contribution in [2.45, 2.75) is 13.5 Å².